The molecule has 0 spiro atoms. The number of fused-ring (bicyclic) bond motifs is 1. The van der Waals surface area contributed by atoms with Crippen molar-refractivity contribution in [3.05, 3.63) is 52.2 Å². The van der Waals surface area contributed by atoms with Crippen LogP contribution in [0.3, 0.4) is 0 Å². The Hall–Kier alpha value is -3.76. The molecule has 11 nitrogen and oxygen atoms in total. The van der Waals surface area contributed by atoms with E-state index in [0.717, 1.165) is 11.8 Å². The zero-order valence-corrected chi connectivity index (χ0v) is 18.2. The molecule has 1 heterocycles. The topological polar surface area (TPSA) is 165 Å². The third-order valence-corrected chi connectivity index (χ3v) is 4.61. The van der Waals surface area contributed by atoms with E-state index < -0.39 is 17.0 Å². The Morgan fingerprint density at radius 1 is 1.19 bits per heavy atom. The second-order valence-electron chi connectivity index (χ2n) is 7.67. The number of aliphatic imine (C=N–C) groups is 1. The Balaban J connectivity index is 2.03. The van der Waals surface area contributed by atoms with Gasteiger partial charge in [-0.25, -0.2) is 20.1 Å². The van der Waals surface area contributed by atoms with E-state index in [9.17, 15) is 19.7 Å². The smallest absolute Gasteiger partial charge is 0.270 e. The highest BCUT2D eigenvalue weighted by atomic mass is 16.7. The van der Waals surface area contributed by atoms with Crippen LogP contribution in [0.2, 0.25) is 0 Å². The van der Waals surface area contributed by atoms with Gasteiger partial charge >= 0.3 is 0 Å². The fraction of sp³-hybridized carbons (Fsp3) is 0.429. The van der Waals surface area contributed by atoms with Gasteiger partial charge in [-0.15, -0.1) is 0 Å². The van der Waals surface area contributed by atoms with E-state index in [4.69, 9.17) is 5.73 Å². The number of guanidine groups is 1. The lowest BCUT2D eigenvalue weighted by atomic mass is 10.1. The average Bonchev–Trinajstić information content (AvgIpc) is 2.74. The summed E-state index contributed by atoms with van der Waals surface area (Å²) in [5.74, 6) is -0.660. The molecule has 1 aromatic carbocycles. The summed E-state index contributed by atoms with van der Waals surface area (Å²) < 4.78 is 0. The lowest BCUT2D eigenvalue weighted by molar-refractivity contribution is -0.525. The van der Waals surface area contributed by atoms with Crippen molar-refractivity contribution in [3.63, 3.8) is 0 Å². The van der Waals surface area contributed by atoms with Crippen molar-refractivity contribution in [1.82, 2.24) is 21.0 Å². The Morgan fingerprint density at radius 3 is 2.66 bits per heavy atom. The van der Waals surface area contributed by atoms with Gasteiger partial charge in [0.05, 0.1) is 5.52 Å². The molecule has 2 aromatic rings. The Bertz CT molecular complexity index is 978. The number of nitrogens with zero attached hydrogens (tertiary/aromatic N) is 3. The summed E-state index contributed by atoms with van der Waals surface area (Å²) in [6, 6.07) is 10.0. The number of nitrogens with two attached hydrogens (primary N) is 1. The summed E-state index contributed by atoms with van der Waals surface area (Å²) in [6.07, 6.45) is 1.47. The molecule has 1 aromatic heterocycles. The number of pyridine rings is 1. The van der Waals surface area contributed by atoms with Crippen LogP contribution in [-0.2, 0) is 4.79 Å². The maximum absolute atomic E-state index is 12.8. The van der Waals surface area contributed by atoms with Gasteiger partial charge in [0.25, 0.3) is 11.9 Å². The Kier molecular flexibility index (Phi) is 9.33. The van der Waals surface area contributed by atoms with Crippen LogP contribution in [-0.4, -0.2) is 46.9 Å². The van der Waals surface area contributed by atoms with Gasteiger partial charge in [0, 0.05) is 18.5 Å². The number of nitro groups is 1. The number of aromatic nitrogens is 1. The van der Waals surface area contributed by atoms with Crippen molar-refractivity contribution in [2.75, 3.05) is 13.1 Å². The molecule has 0 fully saturated rings. The summed E-state index contributed by atoms with van der Waals surface area (Å²) in [5, 5.41) is 16.0. The number of rotatable bonds is 11. The maximum Gasteiger partial charge on any atom is 0.270 e. The molecule has 2 amide bonds. The first kappa shape index (κ1) is 24.5. The van der Waals surface area contributed by atoms with Crippen molar-refractivity contribution in [2.24, 2.45) is 16.6 Å². The fourth-order valence-corrected chi connectivity index (χ4v) is 2.92. The van der Waals surface area contributed by atoms with Crippen LogP contribution in [0.25, 0.3) is 10.9 Å². The van der Waals surface area contributed by atoms with Crippen molar-refractivity contribution >= 4 is 28.7 Å². The fourth-order valence-electron chi connectivity index (χ4n) is 2.92. The van der Waals surface area contributed by atoms with Gasteiger partial charge in [-0.05, 0) is 37.3 Å². The molecular weight excluding hydrogens is 414 g/mol. The number of benzene rings is 1. The number of amides is 2. The van der Waals surface area contributed by atoms with Crippen molar-refractivity contribution in [1.29, 1.82) is 0 Å². The second-order valence-corrected chi connectivity index (χ2v) is 7.67. The zero-order valence-electron chi connectivity index (χ0n) is 18.2. The Labute approximate surface area is 186 Å². The first-order valence-electron chi connectivity index (χ1n) is 10.4. The van der Waals surface area contributed by atoms with Gasteiger partial charge in [0.1, 0.15) is 11.7 Å². The molecule has 0 aliphatic heterocycles. The van der Waals surface area contributed by atoms with Crippen molar-refractivity contribution < 1.29 is 14.6 Å². The number of para-hydroxylation sites is 1. The zero-order chi connectivity index (χ0) is 23.5. The van der Waals surface area contributed by atoms with E-state index in [1.54, 1.807) is 17.6 Å². The number of carbonyl (C=O) groups excluding carboxylic acids is 2. The summed E-state index contributed by atoms with van der Waals surface area (Å²) in [5.41, 5.74) is 8.03. The molecule has 0 radical (unpaired) electrons. The number of hydrogen-bond acceptors (Lipinski definition) is 6. The van der Waals surface area contributed by atoms with Gasteiger partial charge in [0.15, 0.2) is 5.03 Å². The third-order valence-electron chi connectivity index (χ3n) is 4.61. The predicted octanol–water partition coefficient (Wildman–Crippen LogP) is 1.37. The third kappa shape index (κ3) is 8.17. The van der Waals surface area contributed by atoms with Crippen LogP contribution >= 0.6 is 0 Å². The molecule has 2 rings (SSSR count). The van der Waals surface area contributed by atoms with E-state index in [1.807, 2.05) is 24.3 Å². The molecule has 0 unspecified atom stereocenters. The second kappa shape index (κ2) is 12.2. The van der Waals surface area contributed by atoms with Gasteiger partial charge in [0.2, 0.25) is 5.91 Å². The predicted molar refractivity (Wildman–Crippen MR) is 121 cm³/mol. The molecule has 0 aliphatic rings. The van der Waals surface area contributed by atoms with E-state index in [-0.39, 0.29) is 30.5 Å². The molecule has 172 valence electrons. The number of hydrazine groups is 1. The van der Waals surface area contributed by atoms with E-state index in [0.29, 0.717) is 24.4 Å². The van der Waals surface area contributed by atoms with Gasteiger partial charge < -0.3 is 16.4 Å². The van der Waals surface area contributed by atoms with Crippen LogP contribution in [0.1, 0.15) is 43.6 Å². The van der Waals surface area contributed by atoms with Crippen LogP contribution in [0.15, 0.2) is 41.4 Å². The molecule has 11 heteroatoms. The number of carbonyl (C=O) groups is 2. The normalized spacial score (nSPS) is 12.4. The molecular formula is C21H29N7O4. The van der Waals surface area contributed by atoms with E-state index in [1.165, 1.54) is 0 Å². The van der Waals surface area contributed by atoms with Crippen molar-refractivity contribution in [2.45, 2.75) is 39.2 Å². The summed E-state index contributed by atoms with van der Waals surface area (Å²) >= 11 is 0. The van der Waals surface area contributed by atoms with Crippen LogP contribution in [0, 0.1) is 16.0 Å². The molecule has 32 heavy (non-hydrogen) atoms. The van der Waals surface area contributed by atoms with Crippen LogP contribution < -0.4 is 21.8 Å². The minimum atomic E-state index is -0.805. The van der Waals surface area contributed by atoms with Gasteiger partial charge in [-0.1, -0.05) is 43.5 Å². The first-order chi connectivity index (χ1) is 15.3. The highest BCUT2D eigenvalue weighted by Gasteiger charge is 2.21. The number of nitrogens with one attached hydrogen (secondary N) is 3. The molecule has 0 bridgehead atoms. The van der Waals surface area contributed by atoms with Gasteiger partial charge in [-0.3, -0.25) is 9.59 Å². The molecule has 0 aliphatic carbocycles. The molecule has 0 saturated heterocycles. The maximum atomic E-state index is 12.8. The SMILES string of the molecule is CC(C)CCNC(=O)[C@H](CCCN=C(N)N[N+](=O)[O-])NC(=O)c1ccc2ccccc2n1. The lowest BCUT2D eigenvalue weighted by Crippen LogP contribution is -2.47. The first-order valence-corrected chi connectivity index (χ1v) is 10.4. The monoisotopic (exact) mass is 443 g/mol. The Morgan fingerprint density at radius 2 is 1.94 bits per heavy atom. The minimum Gasteiger partial charge on any atom is -0.365 e. The quantitative estimate of drug-likeness (QED) is 0.134. The van der Waals surface area contributed by atoms with Gasteiger partial charge in [-0.2, -0.15) is 0 Å². The lowest BCUT2D eigenvalue weighted by Gasteiger charge is -2.18. The van der Waals surface area contributed by atoms with Crippen LogP contribution in [0.5, 0.6) is 0 Å². The summed E-state index contributed by atoms with van der Waals surface area (Å²) in [7, 11) is 0. The summed E-state index contributed by atoms with van der Waals surface area (Å²) in [4.78, 5) is 44.0. The molecule has 1 atom stereocenters. The van der Waals surface area contributed by atoms with Crippen LogP contribution in [0.4, 0.5) is 0 Å². The minimum absolute atomic E-state index is 0.159. The average molecular weight is 444 g/mol. The highest BCUT2D eigenvalue weighted by molar-refractivity contribution is 5.97. The molecule has 0 saturated carbocycles. The van der Waals surface area contributed by atoms with E-state index >= 15 is 0 Å². The highest BCUT2D eigenvalue weighted by Crippen LogP contribution is 2.12. The van der Waals surface area contributed by atoms with Crippen molar-refractivity contribution in [3.8, 4) is 0 Å². The largest absolute Gasteiger partial charge is 0.365 e. The molecule has 5 N–H and O–H groups in total. The standard InChI is InChI=1S/C21H29N7O4/c1-14(2)11-13-23-19(29)17(8-5-12-24-21(22)27-28(31)32)26-20(30)18-10-9-15-6-3-4-7-16(15)25-18/h3-4,6-7,9-10,14,17H,5,8,11-13H2,1-2H3,(H,23,29)(H,26,30)(H3,22,24,27)/t17-/m0/s1. The number of hydrogen-bond donors (Lipinski definition) is 4. The summed E-state index contributed by atoms with van der Waals surface area (Å²) in [6.45, 7) is 4.76. The van der Waals surface area contributed by atoms with E-state index in [2.05, 4.69) is 34.5 Å².